The summed E-state index contributed by atoms with van der Waals surface area (Å²) in [5, 5.41) is 33.0. The Balaban J connectivity index is 1.58. The van der Waals surface area contributed by atoms with Crippen LogP contribution in [0, 0.1) is 22.7 Å². The standard InChI is InChI=1S/C22H27BO12/c1-3-4-5-9-6-10-20-11(24)12-21(30,8(2)14(25)33-12)22(20,16(27)32-10)35-17-19(9,20)13(15(26)34-17)31-7-23-18(28)29/h8-13,17,23-24,30H,3-7H2,1-2H3,(H,28,29)/t8?,9-,10?,11+,12?,13+,17+,19?,20?,21-,22+/m1/s1. The van der Waals surface area contributed by atoms with Crippen LogP contribution in [0.2, 0.25) is 0 Å². The molecule has 12 nitrogen and oxygen atoms in total. The van der Waals surface area contributed by atoms with E-state index in [1.807, 2.05) is 6.92 Å². The van der Waals surface area contributed by atoms with Gasteiger partial charge in [-0.05, 0) is 25.7 Å². The van der Waals surface area contributed by atoms with Gasteiger partial charge in [0.05, 0.1) is 16.7 Å². The zero-order valence-electron chi connectivity index (χ0n) is 19.3. The molecule has 2 aliphatic carbocycles. The van der Waals surface area contributed by atoms with Crippen LogP contribution in [0.3, 0.4) is 0 Å². The Bertz CT molecular complexity index is 1030. The molecule has 4 aliphatic heterocycles. The van der Waals surface area contributed by atoms with Crippen LogP contribution in [-0.2, 0) is 38.1 Å². The number of ether oxygens (including phenoxy) is 5. The van der Waals surface area contributed by atoms with Gasteiger partial charge in [-0.2, -0.15) is 0 Å². The second-order valence-electron chi connectivity index (χ2n) is 10.6. The Labute approximate surface area is 200 Å². The lowest BCUT2D eigenvalue weighted by atomic mass is 9.53. The Kier molecular flexibility index (Phi) is 4.61. The molecule has 0 bridgehead atoms. The first-order chi connectivity index (χ1) is 16.6. The molecule has 4 saturated heterocycles. The maximum atomic E-state index is 13.6. The molecule has 35 heavy (non-hydrogen) atoms. The molecular formula is C22H27BO12. The molecule has 6 aliphatic rings. The molecule has 0 aromatic carbocycles. The Morgan fingerprint density at radius 2 is 1.94 bits per heavy atom. The van der Waals surface area contributed by atoms with Crippen LogP contribution in [0.1, 0.15) is 39.5 Å². The summed E-state index contributed by atoms with van der Waals surface area (Å²) in [6, 6.07) is 0. The zero-order chi connectivity index (χ0) is 25.1. The van der Waals surface area contributed by atoms with Crippen LogP contribution in [-0.4, -0.2) is 94.8 Å². The van der Waals surface area contributed by atoms with E-state index in [0.717, 1.165) is 12.8 Å². The minimum absolute atomic E-state index is 0.255. The molecule has 0 aromatic heterocycles. The van der Waals surface area contributed by atoms with Gasteiger partial charge < -0.3 is 39.0 Å². The number of rotatable bonds is 7. The maximum absolute atomic E-state index is 13.6. The smallest absolute Gasteiger partial charge is 0.343 e. The third kappa shape index (κ3) is 2.10. The fourth-order valence-electron chi connectivity index (χ4n) is 8.45. The van der Waals surface area contributed by atoms with Gasteiger partial charge in [0.15, 0.2) is 17.8 Å². The third-order valence-corrected chi connectivity index (χ3v) is 9.58. The molecule has 5 unspecified atom stereocenters. The van der Waals surface area contributed by atoms with E-state index in [2.05, 4.69) is 0 Å². The monoisotopic (exact) mass is 494 g/mol. The Morgan fingerprint density at radius 1 is 1.20 bits per heavy atom. The SMILES string of the molecule is CCCC[C@@H]1CC2OC(=O)[C@]34O[C@@H]5OC(=O)[C@H](OCBC(=O)O)C15C23[C@@H](O)C1OC(=O)C(C)[C@@]14O. The van der Waals surface area contributed by atoms with E-state index in [9.17, 15) is 29.4 Å². The van der Waals surface area contributed by atoms with Crippen LogP contribution in [0.25, 0.3) is 0 Å². The van der Waals surface area contributed by atoms with Gasteiger partial charge in [-0.3, -0.25) is 9.59 Å². The Morgan fingerprint density at radius 3 is 2.63 bits per heavy atom. The lowest BCUT2D eigenvalue weighted by Gasteiger charge is -2.45. The Hall–Kier alpha value is -2.22. The highest BCUT2D eigenvalue weighted by atomic mass is 16.8. The molecule has 0 aromatic rings. The van der Waals surface area contributed by atoms with Gasteiger partial charge in [0.1, 0.15) is 12.2 Å². The summed E-state index contributed by atoms with van der Waals surface area (Å²) in [7, 11) is -0.383. The predicted octanol–water partition coefficient (Wildman–Crippen LogP) is -1.13. The van der Waals surface area contributed by atoms with Gasteiger partial charge in [-0.15, -0.1) is 0 Å². The van der Waals surface area contributed by atoms with Crippen LogP contribution in [0.15, 0.2) is 0 Å². The van der Waals surface area contributed by atoms with Crippen molar-refractivity contribution in [2.24, 2.45) is 22.7 Å². The van der Waals surface area contributed by atoms with Crippen molar-refractivity contribution < 1.29 is 58.2 Å². The number of aliphatic hydroxyl groups is 2. The number of carboxylic acid groups (broad SMARTS) is 1. The highest BCUT2D eigenvalue weighted by Gasteiger charge is 3.03. The average molecular weight is 494 g/mol. The molecule has 0 amide bonds. The minimum Gasteiger partial charge on any atom is -0.489 e. The van der Waals surface area contributed by atoms with E-state index in [1.54, 1.807) is 0 Å². The van der Waals surface area contributed by atoms with Crippen LogP contribution in [0.4, 0.5) is 4.79 Å². The summed E-state index contributed by atoms with van der Waals surface area (Å²) in [5.41, 5.74) is -7.69. The third-order valence-electron chi connectivity index (χ3n) is 9.58. The molecule has 13 heteroatoms. The molecule has 6 fully saturated rings. The second-order valence-corrected chi connectivity index (χ2v) is 10.6. The fourth-order valence-corrected chi connectivity index (χ4v) is 8.45. The van der Waals surface area contributed by atoms with Crippen molar-refractivity contribution in [3.05, 3.63) is 0 Å². The van der Waals surface area contributed by atoms with E-state index >= 15 is 0 Å². The van der Waals surface area contributed by atoms with Gasteiger partial charge in [0.25, 0.3) is 7.28 Å². The van der Waals surface area contributed by atoms with Crippen LogP contribution < -0.4 is 0 Å². The molecule has 2 spiro atoms. The highest BCUT2D eigenvalue weighted by Crippen LogP contribution is 2.83. The van der Waals surface area contributed by atoms with Crippen molar-refractivity contribution in [1.82, 2.24) is 0 Å². The van der Waals surface area contributed by atoms with E-state index in [-0.39, 0.29) is 20.2 Å². The van der Waals surface area contributed by atoms with Crippen molar-refractivity contribution in [2.45, 2.75) is 81.4 Å². The van der Waals surface area contributed by atoms with Crippen molar-refractivity contribution in [2.75, 3.05) is 6.51 Å². The molecule has 4 heterocycles. The second kappa shape index (κ2) is 6.96. The fraction of sp³-hybridized carbons (Fsp3) is 0.818. The lowest BCUT2D eigenvalue weighted by molar-refractivity contribution is -0.238. The van der Waals surface area contributed by atoms with Crippen molar-refractivity contribution in [3.63, 3.8) is 0 Å². The van der Waals surface area contributed by atoms with Gasteiger partial charge in [-0.1, -0.05) is 19.8 Å². The molecular weight excluding hydrogens is 467 g/mol. The summed E-state index contributed by atoms with van der Waals surface area (Å²) in [4.78, 5) is 50.4. The van der Waals surface area contributed by atoms with Crippen molar-refractivity contribution >= 4 is 31.1 Å². The van der Waals surface area contributed by atoms with E-state index in [1.165, 1.54) is 6.92 Å². The molecule has 190 valence electrons. The minimum atomic E-state index is -2.27. The summed E-state index contributed by atoms with van der Waals surface area (Å²) >= 11 is 0. The summed E-state index contributed by atoms with van der Waals surface area (Å²) in [6.45, 7) is 3.07. The normalized spacial score (nSPS) is 52.5. The van der Waals surface area contributed by atoms with E-state index < -0.39 is 88.4 Å². The molecule has 2 saturated carbocycles. The quantitative estimate of drug-likeness (QED) is 0.221. The van der Waals surface area contributed by atoms with Crippen molar-refractivity contribution in [3.8, 4) is 0 Å². The molecule has 6 rings (SSSR count). The first-order valence-electron chi connectivity index (χ1n) is 12.1. The first-order valence-corrected chi connectivity index (χ1v) is 12.1. The molecule has 3 N–H and O–H groups in total. The van der Waals surface area contributed by atoms with Crippen LogP contribution >= 0.6 is 0 Å². The number of unbranched alkanes of at least 4 members (excludes halogenated alkanes) is 1. The number of aliphatic hydroxyl groups excluding tert-OH is 1. The van der Waals surface area contributed by atoms with Crippen molar-refractivity contribution in [1.29, 1.82) is 0 Å². The van der Waals surface area contributed by atoms with E-state index in [4.69, 9.17) is 28.8 Å². The largest absolute Gasteiger partial charge is 0.489 e. The number of hydrogen-bond acceptors (Lipinski definition) is 11. The molecule has 11 atom stereocenters. The number of hydrogen-bond donors (Lipinski definition) is 3. The lowest BCUT2D eigenvalue weighted by Crippen LogP contribution is -2.67. The maximum Gasteiger partial charge on any atom is 0.343 e. The zero-order valence-corrected chi connectivity index (χ0v) is 19.3. The molecule has 0 radical (unpaired) electrons. The van der Waals surface area contributed by atoms with Crippen LogP contribution in [0.5, 0.6) is 0 Å². The van der Waals surface area contributed by atoms with E-state index in [0.29, 0.717) is 6.42 Å². The number of fused-ring (bicyclic) bond motifs is 1. The highest BCUT2D eigenvalue weighted by molar-refractivity contribution is 6.71. The summed E-state index contributed by atoms with van der Waals surface area (Å²) in [6.07, 6.45) is -4.44. The van der Waals surface area contributed by atoms with Gasteiger partial charge in [0.2, 0.25) is 17.8 Å². The average Bonchev–Trinajstić information content (AvgIpc) is 3.51. The van der Waals surface area contributed by atoms with Gasteiger partial charge >= 0.3 is 17.9 Å². The summed E-state index contributed by atoms with van der Waals surface area (Å²) < 4.78 is 28.9. The number of carbonyl (C=O) groups is 4. The topological polar surface area (TPSA) is 175 Å². The first kappa shape index (κ1) is 23.2. The summed E-state index contributed by atoms with van der Waals surface area (Å²) in [5.74, 6) is -5.29. The predicted molar refractivity (Wildman–Crippen MR) is 111 cm³/mol. The number of esters is 3. The number of carbonyl (C=O) groups excluding carboxylic acids is 3. The van der Waals surface area contributed by atoms with Gasteiger partial charge in [0, 0.05) is 6.51 Å². The van der Waals surface area contributed by atoms with Gasteiger partial charge in [-0.25, -0.2) is 9.59 Å².